The molecule has 0 unspecified atom stereocenters. The van der Waals surface area contributed by atoms with Crippen LogP contribution < -0.4 is 20.1 Å². The summed E-state index contributed by atoms with van der Waals surface area (Å²) in [5.74, 6) is -0.340. The zero-order chi connectivity index (χ0) is 23.5. The molecule has 0 bridgehead atoms. The van der Waals surface area contributed by atoms with Crippen molar-refractivity contribution in [2.45, 2.75) is 0 Å². The maximum absolute atomic E-state index is 12.3. The molecule has 160 valence electrons. The monoisotopic (exact) mass is 446 g/mol. The largest absolute Gasteiger partial charge is 0.497 e. The lowest BCUT2D eigenvalue weighted by Crippen LogP contribution is -2.43. The Kier molecular flexibility index (Phi) is 8.66. The van der Waals surface area contributed by atoms with E-state index in [1.165, 1.54) is 26.4 Å². The van der Waals surface area contributed by atoms with Crippen molar-refractivity contribution >= 4 is 41.3 Å². The molecule has 0 aliphatic heterocycles. The molecule has 0 fully saturated rings. The SMILES string of the molecule is COc1ccc(/C=C(\C#N)C(=O)NC(=S)NC(=O)/C(C#N)=C/c2ccc(OC)cc2)cc1. The number of hydrogen-bond acceptors (Lipinski definition) is 7. The number of carbonyl (C=O) groups excluding carboxylic acids is 2. The van der Waals surface area contributed by atoms with E-state index in [2.05, 4.69) is 10.6 Å². The van der Waals surface area contributed by atoms with Crippen molar-refractivity contribution in [3.63, 3.8) is 0 Å². The van der Waals surface area contributed by atoms with Gasteiger partial charge in [0.2, 0.25) is 0 Å². The molecule has 2 aromatic carbocycles. The van der Waals surface area contributed by atoms with Crippen LogP contribution in [0.5, 0.6) is 11.5 Å². The second-order valence-corrected chi connectivity index (χ2v) is 6.53. The van der Waals surface area contributed by atoms with Gasteiger partial charge in [0.15, 0.2) is 5.11 Å². The highest BCUT2D eigenvalue weighted by Crippen LogP contribution is 2.15. The second-order valence-electron chi connectivity index (χ2n) is 6.12. The Balaban J connectivity index is 2.05. The number of benzene rings is 2. The van der Waals surface area contributed by atoms with Gasteiger partial charge in [-0.1, -0.05) is 24.3 Å². The van der Waals surface area contributed by atoms with E-state index >= 15 is 0 Å². The first-order valence-corrected chi connectivity index (χ1v) is 9.49. The van der Waals surface area contributed by atoms with Gasteiger partial charge in [-0.25, -0.2) is 0 Å². The summed E-state index contributed by atoms with van der Waals surface area (Å²) >= 11 is 4.97. The lowest BCUT2D eigenvalue weighted by molar-refractivity contribution is -0.116. The molecule has 0 saturated carbocycles. The summed E-state index contributed by atoms with van der Waals surface area (Å²) in [5, 5.41) is 22.7. The normalized spacial score (nSPS) is 10.9. The first-order chi connectivity index (χ1) is 15.4. The van der Waals surface area contributed by atoms with Crippen molar-refractivity contribution in [1.82, 2.24) is 10.6 Å². The zero-order valence-corrected chi connectivity index (χ0v) is 18.0. The summed E-state index contributed by atoms with van der Waals surface area (Å²) in [6, 6.07) is 17.0. The molecule has 8 nitrogen and oxygen atoms in total. The number of hydrogen-bond donors (Lipinski definition) is 2. The molecule has 2 rings (SSSR count). The molecule has 0 spiro atoms. The van der Waals surface area contributed by atoms with Crippen LogP contribution >= 0.6 is 12.2 Å². The Morgan fingerprint density at radius 1 is 0.781 bits per heavy atom. The molecule has 0 atom stereocenters. The molecule has 0 saturated heterocycles. The number of nitriles is 2. The van der Waals surface area contributed by atoms with Crippen molar-refractivity contribution in [3.8, 4) is 23.6 Å². The highest BCUT2D eigenvalue weighted by atomic mass is 32.1. The van der Waals surface area contributed by atoms with Crippen molar-refractivity contribution < 1.29 is 19.1 Å². The first kappa shape index (κ1) is 23.8. The number of methoxy groups -OCH3 is 2. The average molecular weight is 446 g/mol. The summed E-state index contributed by atoms with van der Waals surface area (Å²) in [6.45, 7) is 0. The molecule has 2 aromatic rings. The Hall–Kier alpha value is -4.47. The fourth-order valence-electron chi connectivity index (χ4n) is 2.40. The van der Waals surface area contributed by atoms with Crippen LogP contribution in [0.3, 0.4) is 0 Å². The van der Waals surface area contributed by atoms with Crippen LogP contribution in [0.1, 0.15) is 11.1 Å². The van der Waals surface area contributed by atoms with Gasteiger partial charge in [0.25, 0.3) is 11.8 Å². The zero-order valence-electron chi connectivity index (χ0n) is 17.2. The van der Waals surface area contributed by atoms with E-state index in [1.807, 2.05) is 0 Å². The van der Waals surface area contributed by atoms with Gasteiger partial charge in [-0.15, -0.1) is 0 Å². The molecule has 0 aliphatic rings. The quantitative estimate of drug-likeness (QED) is 0.397. The molecule has 9 heteroatoms. The van der Waals surface area contributed by atoms with Crippen molar-refractivity contribution in [1.29, 1.82) is 10.5 Å². The smallest absolute Gasteiger partial charge is 0.268 e. The summed E-state index contributed by atoms with van der Waals surface area (Å²) in [5.41, 5.74) is 0.755. The summed E-state index contributed by atoms with van der Waals surface area (Å²) in [4.78, 5) is 24.7. The van der Waals surface area contributed by atoms with E-state index in [4.69, 9.17) is 21.7 Å². The number of amides is 2. The molecule has 2 N–H and O–H groups in total. The highest BCUT2D eigenvalue weighted by molar-refractivity contribution is 7.80. The van der Waals surface area contributed by atoms with Gasteiger partial charge < -0.3 is 9.47 Å². The third-order valence-corrected chi connectivity index (χ3v) is 4.24. The summed E-state index contributed by atoms with van der Waals surface area (Å²) in [7, 11) is 3.05. The third-order valence-electron chi connectivity index (χ3n) is 4.04. The topological polar surface area (TPSA) is 124 Å². The molecule has 0 aliphatic carbocycles. The van der Waals surface area contributed by atoms with Gasteiger partial charge in [0.1, 0.15) is 34.8 Å². The van der Waals surface area contributed by atoms with Crippen LogP contribution in [0.25, 0.3) is 12.2 Å². The number of carbonyl (C=O) groups is 2. The van der Waals surface area contributed by atoms with Crippen LogP contribution in [-0.4, -0.2) is 31.1 Å². The standard InChI is InChI=1S/C23H18N4O4S/c1-30-19-7-3-15(4-8-19)11-17(13-24)21(28)26-23(32)27-22(29)18(14-25)12-16-5-9-20(31-2)10-6-16/h3-12H,1-2H3,(H2,26,27,28,29,32)/b17-11+,18-12+. The number of nitrogens with one attached hydrogen (secondary N) is 2. The van der Waals surface area contributed by atoms with E-state index in [1.54, 1.807) is 60.7 Å². The van der Waals surface area contributed by atoms with Gasteiger partial charge >= 0.3 is 0 Å². The Morgan fingerprint density at radius 3 is 1.41 bits per heavy atom. The van der Waals surface area contributed by atoms with Crippen molar-refractivity contribution in [3.05, 3.63) is 70.8 Å². The maximum Gasteiger partial charge on any atom is 0.268 e. The average Bonchev–Trinajstić information content (AvgIpc) is 2.81. The highest BCUT2D eigenvalue weighted by Gasteiger charge is 2.15. The van der Waals surface area contributed by atoms with E-state index in [0.717, 1.165) is 0 Å². The Bertz CT molecular complexity index is 1060. The predicted molar refractivity (Wildman–Crippen MR) is 122 cm³/mol. The maximum atomic E-state index is 12.3. The van der Waals surface area contributed by atoms with E-state index in [0.29, 0.717) is 22.6 Å². The molecule has 2 amide bonds. The number of ether oxygens (including phenoxy) is 2. The molecular weight excluding hydrogens is 428 g/mol. The summed E-state index contributed by atoms with van der Waals surface area (Å²) in [6.07, 6.45) is 2.73. The predicted octanol–water partition coefficient (Wildman–Crippen LogP) is 2.74. The van der Waals surface area contributed by atoms with Crippen LogP contribution in [-0.2, 0) is 9.59 Å². The van der Waals surface area contributed by atoms with Crippen LogP contribution in [0, 0.1) is 22.7 Å². The fraction of sp³-hybridized carbons (Fsp3) is 0.0870. The van der Waals surface area contributed by atoms with Crippen LogP contribution in [0.4, 0.5) is 0 Å². The minimum Gasteiger partial charge on any atom is -0.497 e. The molecule has 0 heterocycles. The number of rotatable bonds is 6. The minimum atomic E-state index is -0.800. The molecule has 0 aromatic heterocycles. The van der Waals surface area contributed by atoms with Gasteiger partial charge in [0.05, 0.1) is 14.2 Å². The van der Waals surface area contributed by atoms with Gasteiger partial charge in [-0.2, -0.15) is 10.5 Å². The molecular formula is C23H18N4O4S. The number of nitrogens with zero attached hydrogens (tertiary/aromatic N) is 2. The van der Waals surface area contributed by atoms with Crippen LogP contribution in [0.15, 0.2) is 59.7 Å². The van der Waals surface area contributed by atoms with Crippen molar-refractivity contribution in [2.75, 3.05) is 14.2 Å². The lowest BCUT2D eigenvalue weighted by Gasteiger charge is -2.08. The van der Waals surface area contributed by atoms with Gasteiger partial charge in [-0.3, -0.25) is 20.2 Å². The van der Waals surface area contributed by atoms with Gasteiger partial charge in [0, 0.05) is 0 Å². The van der Waals surface area contributed by atoms with E-state index in [-0.39, 0.29) is 16.3 Å². The van der Waals surface area contributed by atoms with Crippen molar-refractivity contribution in [2.24, 2.45) is 0 Å². The minimum absolute atomic E-state index is 0.221. The third kappa shape index (κ3) is 6.80. The van der Waals surface area contributed by atoms with E-state index < -0.39 is 11.8 Å². The van der Waals surface area contributed by atoms with Crippen LogP contribution in [0.2, 0.25) is 0 Å². The second kappa shape index (κ2) is 11.6. The summed E-state index contributed by atoms with van der Waals surface area (Å²) < 4.78 is 10.1. The number of thiocarbonyl (C=S) groups is 1. The van der Waals surface area contributed by atoms with E-state index in [9.17, 15) is 20.1 Å². The Labute approximate surface area is 190 Å². The Morgan fingerprint density at radius 2 is 1.12 bits per heavy atom. The molecule has 0 radical (unpaired) electrons. The lowest BCUT2D eigenvalue weighted by atomic mass is 10.1. The fourth-order valence-corrected chi connectivity index (χ4v) is 2.59. The first-order valence-electron chi connectivity index (χ1n) is 9.08. The van der Waals surface area contributed by atoms with Gasteiger partial charge in [-0.05, 0) is 59.8 Å². The molecule has 32 heavy (non-hydrogen) atoms.